The van der Waals surface area contributed by atoms with Gasteiger partial charge >= 0.3 is 0 Å². The SMILES string of the molecule is CC(C)(C)C(=O)c1nc(C2CC2)co1. The number of carbonyl (C=O) groups is 1. The third kappa shape index (κ3) is 1.72. The van der Waals surface area contributed by atoms with Gasteiger partial charge in [0, 0.05) is 11.3 Å². The summed E-state index contributed by atoms with van der Waals surface area (Å²) in [5.74, 6) is 0.782. The summed E-state index contributed by atoms with van der Waals surface area (Å²) in [6, 6.07) is 0. The number of nitrogens with zero attached hydrogens (tertiary/aromatic N) is 1. The molecule has 0 atom stereocenters. The highest BCUT2D eigenvalue weighted by Gasteiger charge is 2.31. The van der Waals surface area contributed by atoms with Crippen molar-refractivity contribution >= 4 is 5.78 Å². The van der Waals surface area contributed by atoms with Gasteiger partial charge in [-0.05, 0) is 12.8 Å². The van der Waals surface area contributed by atoms with Crippen LogP contribution in [0.25, 0.3) is 0 Å². The summed E-state index contributed by atoms with van der Waals surface area (Å²) in [7, 11) is 0. The molecule has 1 aliphatic rings. The van der Waals surface area contributed by atoms with E-state index in [1.807, 2.05) is 20.8 Å². The molecule has 1 aromatic rings. The van der Waals surface area contributed by atoms with Gasteiger partial charge in [0.25, 0.3) is 5.89 Å². The summed E-state index contributed by atoms with van der Waals surface area (Å²) in [5.41, 5.74) is 0.531. The van der Waals surface area contributed by atoms with Crippen LogP contribution in [0.2, 0.25) is 0 Å². The van der Waals surface area contributed by atoms with Gasteiger partial charge in [-0.1, -0.05) is 20.8 Å². The lowest BCUT2D eigenvalue weighted by Gasteiger charge is -2.12. The minimum Gasteiger partial charge on any atom is -0.442 e. The molecule has 0 N–H and O–H groups in total. The Balaban J connectivity index is 2.20. The maximum atomic E-state index is 11.8. The van der Waals surface area contributed by atoms with E-state index in [0.717, 1.165) is 5.69 Å². The molecule has 76 valence electrons. The fraction of sp³-hybridized carbons (Fsp3) is 0.636. The first-order valence-corrected chi connectivity index (χ1v) is 4.99. The zero-order valence-electron chi connectivity index (χ0n) is 8.83. The van der Waals surface area contributed by atoms with Crippen LogP contribution in [-0.4, -0.2) is 10.8 Å². The van der Waals surface area contributed by atoms with E-state index in [4.69, 9.17) is 4.42 Å². The lowest BCUT2D eigenvalue weighted by Crippen LogP contribution is -2.20. The van der Waals surface area contributed by atoms with Gasteiger partial charge in [0.1, 0.15) is 6.26 Å². The van der Waals surface area contributed by atoms with Gasteiger partial charge in [0.15, 0.2) is 0 Å². The Kier molecular flexibility index (Phi) is 1.98. The fourth-order valence-corrected chi connectivity index (χ4v) is 1.28. The summed E-state index contributed by atoms with van der Waals surface area (Å²) in [6.45, 7) is 5.61. The van der Waals surface area contributed by atoms with Crippen LogP contribution in [0, 0.1) is 5.41 Å². The zero-order valence-corrected chi connectivity index (χ0v) is 8.83. The molecule has 3 heteroatoms. The third-order valence-corrected chi connectivity index (χ3v) is 2.39. The third-order valence-electron chi connectivity index (χ3n) is 2.39. The van der Waals surface area contributed by atoms with E-state index in [0.29, 0.717) is 5.92 Å². The van der Waals surface area contributed by atoms with Gasteiger partial charge < -0.3 is 4.42 Å². The van der Waals surface area contributed by atoms with Crippen molar-refractivity contribution in [3.8, 4) is 0 Å². The number of carbonyl (C=O) groups excluding carboxylic acids is 1. The number of aromatic nitrogens is 1. The van der Waals surface area contributed by atoms with Gasteiger partial charge in [0.2, 0.25) is 5.78 Å². The van der Waals surface area contributed by atoms with Crippen LogP contribution in [0.15, 0.2) is 10.7 Å². The van der Waals surface area contributed by atoms with Crippen molar-refractivity contribution in [1.29, 1.82) is 0 Å². The topological polar surface area (TPSA) is 43.1 Å². The fourth-order valence-electron chi connectivity index (χ4n) is 1.28. The van der Waals surface area contributed by atoms with Gasteiger partial charge in [-0.2, -0.15) is 0 Å². The second kappa shape index (κ2) is 2.94. The Morgan fingerprint density at radius 3 is 2.64 bits per heavy atom. The van der Waals surface area contributed by atoms with E-state index in [1.165, 1.54) is 12.8 Å². The highest BCUT2D eigenvalue weighted by molar-refractivity contribution is 5.95. The van der Waals surface area contributed by atoms with E-state index < -0.39 is 5.41 Å². The summed E-state index contributed by atoms with van der Waals surface area (Å²) < 4.78 is 5.19. The first-order chi connectivity index (χ1) is 6.48. The van der Waals surface area contributed by atoms with E-state index in [9.17, 15) is 4.79 Å². The molecule has 0 spiro atoms. The van der Waals surface area contributed by atoms with Crippen LogP contribution in [0.3, 0.4) is 0 Å². The molecular weight excluding hydrogens is 178 g/mol. The molecule has 0 aliphatic heterocycles. The van der Waals surface area contributed by atoms with Crippen molar-refractivity contribution < 1.29 is 9.21 Å². The number of hydrogen-bond acceptors (Lipinski definition) is 3. The molecule has 1 fully saturated rings. The van der Waals surface area contributed by atoms with E-state index >= 15 is 0 Å². The lowest BCUT2D eigenvalue weighted by atomic mass is 9.91. The molecule has 1 aromatic heterocycles. The van der Waals surface area contributed by atoms with E-state index in [-0.39, 0.29) is 11.7 Å². The quantitative estimate of drug-likeness (QED) is 0.678. The molecule has 0 saturated heterocycles. The van der Waals surface area contributed by atoms with Crippen molar-refractivity contribution in [3.63, 3.8) is 0 Å². The molecule has 0 aromatic carbocycles. The predicted molar refractivity (Wildman–Crippen MR) is 52.3 cm³/mol. The predicted octanol–water partition coefficient (Wildman–Crippen LogP) is 2.78. The average molecular weight is 193 g/mol. The highest BCUT2D eigenvalue weighted by Crippen LogP contribution is 2.39. The Morgan fingerprint density at radius 2 is 2.14 bits per heavy atom. The van der Waals surface area contributed by atoms with Crippen LogP contribution in [-0.2, 0) is 0 Å². The van der Waals surface area contributed by atoms with Crippen molar-refractivity contribution in [2.75, 3.05) is 0 Å². The largest absolute Gasteiger partial charge is 0.442 e. The van der Waals surface area contributed by atoms with Gasteiger partial charge in [-0.3, -0.25) is 4.79 Å². The monoisotopic (exact) mass is 193 g/mol. The first kappa shape index (κ1) is 9.44. The van der Waals surface area contributed by atoms with Crippen LogP contribution < -0.4 is 0 Å². The molecule has 1 aliphatic carbocycles. The van der Waals surface area contributed by atoms with Crippen LogP contribution in [0.4, 0.5) is 0 Å². The molecule has 3 nitrogen and oxygen atoms in total. The number of oxazole rings is 1. The molecule has 14 heavy (non-hydrogen) atoms. The number of rotatable bonds is 2. The lowest BCUT2D eigenvalue weighted by molar-refractivity contribution is 0.0821. The second-order valence-corrected chi connectivity index (χ2v) is 4.93. The second-order valence-electron chi connectivity index (χ2n) is 4.93. The summed E-state index contributed by atoms with van der Waals surface area (Å²) >= 11 is 0. The highest BCUT2D eigenvalue weighted by atomic mass is 16.3. The summed E-state index contributed by atoms with van der Waals surface area (Å²) in [6.07, 6.45) is 3.97. The molecule has 0 bridgehead atoms. The molecule has 2 rings (SSSR count). The minimum absolute atomic E-state index is 0.0237. The average Bonchev–Trinajstić information content (AvgIpc) is 2.82. The molecule has 0 unspecified atom stereocenters. The van der Waals surface area contributed by atoms with Crippen molar-refractivity contribution in [2.24, 2.45) is 5.41 Å². The Morgan fingerprint density at radius 1 is 1.50 bits per heavy atom. The zero-order chi connectivity index (χ0) is 10.3. The number of ketones is 1. The minimum atomic E-state index is -0.411. The van der Waals surface area contributed by atoms with Crippen molar-refractivity contribution in [3.05, 3.63) is 17.8 Å². The molecular formula is C11H15NO2. The van der Waals surface area contributed by atoms with Crippen molar-refractivity contribution in [1.82, 2.24) is 4.98 Å². The summed E-state index contributed by atoms with van der Waals surface area (Å²) in [4.78, 5) is 16.0. The standard InChI is InChI=1S/C11H15NO2/c1-11(2,3)9(13)10-12-8(6-14-10)7-4-5-7/h6-7H,4-5H2,1-3H3. The maximum Gasteiger partial charge on any atom is 0.263 e. The molecule has 0 amide bonds. The van der Waals surface area contributed by atoms with E-state index in [1.54, 1.807) is 6.26 Å². The normalized spacial score (nSPS) is 17.1. The number of hydrogen-bond donors (Lipinski definition) is 0. The Labute approximate surface area is 83.5 Å². The molecule has 1 saturated carbocycles. The first-order valence-electron chi connectivity index (χ1n) is 4.99. The summed E-state index contributed by atoms with van der Waals surface area (Å²) in [5, 5.41) is 0. The van der Waals surface area contributed by atoms with Gasteiger partial charge in [-0.25, -0.2) is 4.98 Å². The van der Waals surface area contributed by atoms with Gasteiger partial charge in [-0.15, -0.1) is 0 Å². The van der Waals surface area contributed by atoms with Crippen LogP contribution in [0.5, 0.6) is 0 Å². The van der Waals surface area contributed by atoms with Crippen molar-refractivity contribution in [2.45, 2.75) is 39.5 Å². The Hall–Kier alpha value is -1.12. The smallest absolute Gasteiger partial charge is 0.263 e. The maximum absolute atomic E-state index is 11.8. The molecule has 0 radical (unpaired) electrons. The molecule has 1 heterocycles. The number of Topliss-reactive ketones (excluding diaryl/α,β-unsaturated/α-hetero) is 1. The van der Waals surface area contributed by atoms with Crippen LogP contribution in [0.1, 0.15) is 55.9 Å². The van der Waals surface area contributed by atoms with Crippen LogP contribution >= 0.6 is 0 Å². The van der Waals surface area contributed by atoms with Gasteiger partial charge in [0.05, 0.1) is 5.69 Å². The van der Waals surface area contributed by atoms with E-state index in [2.05, 4.69) is 4.98 Å². The Bertz CT molecular complexity index is 356.